The molecule has 0 bridgehead atoms. The SMILES string of the molecule is CN1C(=O)N[C@@](C)([C@@H]2CCCN(CCc3ccncc3)C2)C1=O. The first kappa shape index (κ1) is 15.9. The van der Waals surface area contributed by atoms with Gasteiger partial charge in [0.1, 0.15) is 5.54 Å². The van der Waals surface area contributed by atoms with Crippen LogP contribution in [0.1, 0.15) is 25.3 Å². The molecule has 3 heterocycles. The molecule has 2 fully saturated rings. The highest BCUT2D eigenvalue weighted by Crippen LogP contribution is 2.32. The Morgan fingerprint density at radius 3 is 2.74 bits per heavy atom. The maximum absolute atomic E-state index is 12.4. The number of urea groups is 1. The summed E-state index contributed by atoms with van der Waals surface area (Å²) in [6, 6.07) is 3.79. The fraction of sp³-hybridized carbons (Fsp3) is 0.588. The number of likely N-dealkylation sites (tertiary alicyclic amines) is 1. The molecule has 2 aliphatic rings. The van der Waals surface area contributed by atoms with Crippen molar-refractivity contribution in [1.82, 2.24) is 20.1 Å². The van der Waals surface area contributed by atoms with Gasteiger partial charge in [0.15, 0.2) is 0 Å². The minimum absolute atomic E-state index is 0.108. The molecular weight excluding hydrogens is 292 g/mol. The lowest BCUT2D eigenvalue weighted by molar-refractivity contribution is -0.132. The van der Waals surface area contributed by atoms with Crippen molar-refractivity contribution in [3.05, 3.63) is 30.1 Å². The van der Waals surface area contributed by atoms with E-state index in [9.17, 15) is 9.59 Å². The number of carbonyl (C=O) groups excluding carboxylic acids is 2. The first-order chi connectivity index (χ1) is 11.0. The third-order valence-corrected chi connectivity index (χ3v) is 5.21. The van der Waals surface area contributed by atoms with Crippen LogP contribution in [0.5, 0.6) is 0 Å². The Morgan fingerprint density at radius 2 is 2.09 bits per heavy atom. The fourth-order valence-electron chi connectivity index (χ4n) is 3.64. The molecule has 2 aliphatic heterocycles. The molecule has 3 rings (SSSR count). The lowest BCUT2D eigenvalue weighted by atomic mass is 9.80. The Morgan fingerprint density at radius 1 is 1.35 bits per heavy atom. The fourth-order valence-corrected chi connectivity index (χ4v) is 3.64. The van der Waals surface area contributed by atoms with Gasteiger partial charge in [-0.15, -0.1) is 0 Å². The van der Waals surface area contributed by atoms with Crippen LogP contribution in [0.4, 0.5) is 4.79 Å². The predicted molar refractivity (Wildman–Crippen MR) is 86.8 cm³/mol. The zero-order chi connectivity index (χ0) is 16.4. The third-order valence-electron chi connectivity index (χ3n) is 5.21. The quantitative estimate of drug-likeness (QED) is 0.850. The normalized spacial score (nSPS) is 29.0. The molecule has 1 aromatic rings. The number of carbonyl (C=O) groups is 2. The molecule has 6 nitrogen and oxygen atoms in total. The first-order valence-electron chi connectivity index (χ1n) is 8.22. The van der Waals surface area contributed by atoms with Crippen molar-refractivity contribution in [2.45, 2.75) is 31.7 Å². The summed E-state index contributed by atoms with van der Waals surface area (Å²) in [5.41, 5.74) is 0.513. The number of hydrogen-bond acceptors (Lipinski definition) is 4. The topological polar surface area (TPSA) is 65.5 Å². The van der Waals surface area contributed by atoms with Crippen LogP contribution in [0.2, 0.25) is 0 Å². The Balaban J connectivity index is 1.62. The molecule has 0 radical (unpaired) electrons. The summed E-state index contributed by atoms with van der Waals surface area (Å²) in [4.78, 5) is 31.9. The minimum Gasteiger partial charge on any atom is -0.323 e. The highest BCUT2D eigenvalue weighted by Gasteiger charge is 2.51. The number of nitrogens with one attached hydrogen (secondary N) is 1. The van der Waals surface area contributed by atoms with E-state index in [1.54, 1.807) is 7.05 Å². The van der Waals surface area contributed by atoms with E-state index in [1.165, 1.54) is 10.5 Å². The van der Waals surface area contributed by atoms with Gasteiger partial charge < -0.3 is 10.2 Å². The van der Waals surface area contributed by atoms with Crippen molar-refractivity contribution < 1.29 is 9.59 Å². The number of nitrogens with zero attached hydrogens (tertiary/aromatic N) is 3. The smallest absolute Gasteiger partial charge is 0.323 e. The molecule has 23 heavy (non-hydrogen) atoms. The molecule has 2 saturated heterocycles. The van der Waals surface area contributed by atoms with E-state index < -0.39 is 5.54 Å². The van der Waals surface area contributed by atoms with Crippen molar-refractivity contribution in [2.24, 2.45) is 5.92 Å². The van der Waals surface area contributed by atoms with Gasteiger partial charge in [-0.25, -0.2) is 4.79 Å². The number of amides is 3. The molecule has 2 atom stereocenters. The van der Waals surface area contributed by atoms with E-state index in [0.29, 0.717) is 0 Å². The summed E-state index contributed by atoms with van der Waals surface area (Å²) in [7, 11) is 1.55. The molecule has 0 spiro atoms. The number of piperidine rings is 1. The minimum atomic E-state index is -0.763. The first-order valence-corrected chi connectivity index (χ1v) is 8.22. The maximum Gasteiger partial charge on any atom is 0.324 e. The predicted octanol–water partition coefficient (Wildman–Crippen LogP) is 1.28. The molecule has 1 aromatic heterocycles. The molecule has 6 heteroatoms. The second-order valence-corrected chi connectivity index (χ2v) is 6.74. The van der Waals surface area contributed by atoms with Gasteiger partial charge in [-0.1, -0.05) is 0 Å². The third kappa shape index (κ3) is 3.08. The van der Waals surface area contributed by atoms with Crippen LogP contribution in [0, 0.1) is 5.92 Å². The number of imide groups is 1. The van der Waals surface area contributed by atoms with Gasteiger partial charge in [0, 0.05) is 38.4 Å². The summed E-state index contributed by atoms with van der Waals surface area (Å²) in [6.45, 7) is 4.74. The second kappa shape index (κ2) is 6.28. The Kier molecular flexibility index (Phi) is 4.35. The largest absolute Gasteiger partial charge is 0.324 e. The van der Waals surface area contributed by atoms with Crippen molar-refractivity contribution in [2.75, 3.05) is 26.7 Å². The zero-order valence-electron chi connectivity index (χ0n) is 13.8. The van der Waals surface area contributed by atoms with Crippen LogP contribution in [0.15, 0.2) is 24.5 Å². The summed E-state index contributed by atoms with van der Waals surface area (Å²) in [5, 5.41) is 2.90. The van der Waals surface area contributed by atoms with Gasteiger partial charge in [-0.05, 0) is 50.4 Å². The van der Waals surface area contributed by atoms with Crippen LogP contribution in [0.3, 0.4) is 0 Å². The van der Waals surface area contributed by atoms with Gasteiger partial charge in [0.05, 0.1) is 0 Å². The number of likely N-dealkylation sites (N-methyl/N-ethyl adjacent to an activating group) is 1. The Hall–Kier alpha value is -1.95. The molecule has 0 aromatic carbocycles. The van der Waals surface area contributed by atoms with Crippen LogP contribution in [-0.4, -0.2) is 58.9 Å². The van der Waals surface area contributed by atoms with Gasteiger partial charge in [-0.3, -0.25) is 14.7 Å². The Labute approximate surface area is 136 Å². The van der Waals surface area contributed by atoms with Crippen LogP contribution in [-0.2, 0) is 11.2 Å². The lowest BCUT2D eigenvalue weighted by Crippen LogP contribution is -2.55. The van der Waals surface area contributed by atoms with E-state index in [4.69, 9.17) is 0 Å². The molecule has 124 valence electrons. The number of rotatable bonds is 4. The van der Waals surface area contributed by atoms with Crippen molar-refractivity contribution >= 4 is 11.9 Å². The molecule has 0 saturated carbocycles. The molecule has 3 amide bonds. The van der Waals surface area contributed by atoms with Crippen molar-refractivity contribution in [1.29, 1.82) is 0 Å². The summed E-state index contributed by atoms with van der Waals surface area (Å²) >= 11 is 0. The molecular formula is C17H24N4O2. The second-order valence-electron chi connectivity index (χ2n) is 6.74. The van der Waals surface area contributed by atoms with E-state index >= 15 is 0 Å². The summed E-state index contributed by atoms with van der Waals surface area (Å²) < 4.78 is 0. The molecule has 0 aliphatic carbocycles. The standard InChI is InChI=1S/C17H24N4O2/c1-17(15(22)20(2)16(23)19-17)14-4-3-10-21(12-14)11-7-13-5-8-18-9-6-13/h5-6,8-9,14H,3-4,7,10-12H2,1-2H3,(H,19,23)/t14-,17+/m1/s1. The zero-order valence-corrected chi connectivity index (χ0v) is 13.8. The molecule has 1 N–H and O–H groups in total. The van der Waals surface area contributed by atoms with Gasteiger partial charge in [0.25, 0.3) is 5.91 Å². The lowest BCUT2D eigenvalue weighted by Gasteiger charge is -2.39. The highest BCUT2D eigenvalue weighted by molar-refractivity contribution is 6.06. The number of pyridine rings is 1. The van der Waals surface area contributed by atoms with E-state index in [2.05, 4.69) is 15.2 Å². The summed E-state index contributed by atoms with van der Waals surface area (Å²) in [5.74, 6) is 0.0542. The summed E-state index contributed by atoms with van der Waals surface area (Å²) in [6.07, 6.45) is 6.65. The highest BCUT2D eigenvalue weighted by atomic mass is 16.2. The van der Waals surface area contributed by atoms with Crippen LogP contribution in [0.25, 0.3) is 0 Å². The van der Waals surface area contributed by atoms with Gasteiger partial charge in [-0.2, -0.15) is 0 Å². The number of aromatic nitrogens is 1. The Bertz CT molecular complexity index is 592. The average molecular weight is 316 g/mol. The van der Waals surface area contributed by atoms with Crippen LogP contribution < -0.4 is 5.32 Å². The maximum atomic E-state index is 12.4. The van der Waals surface area contributed by atoms with Gasteiger partial charge in [0.2, 0.25) is 0 Å². The average Bonchev–Trinajstić information content (AvgIpc) is 2.78. The monoisotopic (exact) mass is 316 g/mol. The molecule has 0 unspecified atom stereocenters. The van der Waals surface area contributed by atoms with Gasteiger partial charge >= 0.3 is 6.03 Å². The van der Waals surface area contributed by atoms with E-state index in [1.807, 2.05) is 31.5 Å². The van der Waals surface area contributed by atoms with Crippen LogP contribution >= 0.6 is 0 Å². The number of hydrogen-bond donors (Lipinski definition) is 1. The van der Waals surface area contributed by atoms with Crippen molar-refractivity contribution in [3.8, 4) is 0 Å². The van der Waals surface area contributed by atoms with E-state index in [0.717, 1.165) is 38.9 Å². The van der Waals surface area contributed by atoms with Crippen molar-refractivity contribution in [3.63, 3.8) is 0 Å². The van der Waals surface area contributed by atoms with E-state index in [-0.39, 0.29) is 17.9 Å².